The van der Waals surface area contributed by atoms with Crippen molar-refractivity contribution in [2.24, 2.45) is 0 Å². The van der Waals surface area contributed by atoms with E-state index in [2.05, 4.69) is 48.5 Å². The van der Waals surface area contributed by atoms with Crippen LogP contribution in [-0.4, -0.2) is 38.3 Å². The first-order chi connectivity index (χ1) is 12.1. The summed E-state index contributed by atoms with van der Waals surface area (Å²) in [6, 6.07) is 10.7. The molecule has 1 atom stereocenters. The summed E-state index contributed by atoms with van der Waals surface area (Å²) in [5.74, 6) is 0.140. The third-order valence-corrected chi connectivity index (χ3v) is 3.50. The molecule has 4 heteroatoms. The number of hydrogen-bond donors (Lipinski definition) is 1. The van der Waals surface area contributed by atoms with Crippen LogP contribution in [0, 0.1) is 0 Å². The molecule has 0 aromatic heterocycles. The van der Waals surface area contributed by atoms with Gasteiger partial charge in [0.05, 0.1) is 7.85 Å². The molecule has 0 aliphatic carbocycles. The van der Waals surface area contributed by atoms with Crippen molar-refractivity contribution in [3.05, 3.63) is 35.9 Å². The Balaban J connectivity index is 0. The molecule has 0 spiro atoms. The number of nitrogens with one attached hydrogen (secondary N) is 1. The van der Waals surface area contributed by atoms with Crippen LogP contribution >= 0.6 is 0 Å². The Bertz CT molecular complexity index is 398. The lowest BCUT2D eigenvalue weighted by Gasteiger charge is -2.20. The molecule has 0 saturated carbocycles. The number of rotatable bonds is 10. The van der Waals surface area contributed by atoms with Crippen molar-refractivity contribution in [2.75, 3.05) is 13.6 Å². The van der Waals surface area contributed by atoms with Gasteiger partial charge in [-0.25, -0.2) is 0 Å². The molecule has 0 heterocycles. The van der Waals surface area contributed by atoms with E-state index in [1.54, 1.807) is 0 Å². The van der Waals surface area contributed by atoms with Gasteiger partial charge in [-0.1, -0.05) is 70.8 Å². The number of amides is 1. The summed E-state index contributed by atoms with van der Waals surface area (Å²) in [4.78, 5) is 14.0. The van der Waals surface area contributed by atoms with E-state index in [1.807, 2.05) is 33.8 Å². The molecule has 1 amide bonds. The summed E-state index contributed by atoms with van der Waals surface area (Å²) < 4.78 is 0. The molecule has 1 aromatic carbocycles. The van der Waals surface area contributed by atoms with Gasteiger partial charge in [-0.3, -0.25) is 4.79 Å². The number of hydrogen-bond acceptors (Lipinski definition) is 2. The largest absolute Gasteiger partial charge is 0.354 e. The van der Waals surface area contributed by atoms with Crippen LogP contribution in [0.5, 0.6) is 0 Å². The maximum absolute atomic E-state index is 11.7. The third-order valence-electron chi connectivity index (χ3n) is 3.50. The van der Waals surface area contributed by atoms with Gasteiger partial charge in [0.15, 0.2) is 0 Å². The summed E-state index contributed by atoms with van der Waals surface area (Å²) in [6.07, 6.45) is 4.01. The summed E-state index contributed by atoms with van der Waals surface area (Å²) in [5, 5.41) is 3.05. The molecule has 0 aliphatic heterocycles. The minimum absolute atomic E-state index is 0.140. The highest BCUT2D eigenvalue weighted by molar-refractivity contribution is 6.08. The Kier molecular flexibility index (Phi) is 19.8. The van der Waals surface area contributed by atoms with Crippen LogP contribution in [0.4, 0.5) is 0 Å². The summed E-state index contributed by atoms with van der Waals surface area (Å²) in [7, 11) is 7.54. The quantitative estimate of drug-likeness (QED) is 0.486. The minimum atomic E-state index is 0.140. The number of carbonyl (C=O) groups excluding carboxylic acids is 1. The Labute approximate surface area is 158 Å². The maximum atomic E-state index is 11.7. The molecule has 1 N–H and O–H groups in total. The van der Waals surface area contributed by atoms with E-state index in [9.17, 15) is 4.79 Å². The zero-order valence-corrected chi connectivity index (χ0v) is 17.3. The van der Waals surface area contributed by atoms with E-state index in [-0.39, 0.29) is 11.9 Å². The number of unbranched alkanes of at least 4 members (excludes halogenated alkanes) is 1. The van der Waals surface area contributed by atoms with Gasteiger partial charge >= 0.3 is 0 Å². The summed E-state index contributed by atoms with van der Waals surface area (Å²) in [6.45, 7) is 12.0. The van der Waals surface area contributed by atoms with Crippen LogP contribution in [0.3, 0.4) is 0 Å². The fourth-order valence-corrected chi connectivity index (χ4v) is 2.24. The van der Waals surface area contributed by atoms with E-state index in [0.29, 0.717) is 12.7 Å². The standard InChI is InChI=1S/C17H27BN2O.2C2H6/c1-15(19-17(21)10-6-7-12-18)11-13-20(2)14-16-8-4-3-5-9-16;2*1-2/h3-5,8-9,15H,6-7,10-14H2,1-2H3,(H,19,21);2*1-2H3. The smallest absolute Gasteiger partial charge is 0.220 e. The zero-order chi connectivity index (χ0) is 19.5. The molecule has 25 heavy (non-hydrogen) atoms. The average Bonchev–Trinajstić information content (AvgIpc) is 2.64. The van der Waals surface area contributed by atoms with Crippen molar-refractivity contribution in [1.82, 2.24) is 10.2 Å². The summed E-state index contributed by atoms with van der Waals surface area (Å²) >= 11 is 0. The second-order valence-corrected chi connectivity index (χ2v) is 5.73. The molecule has 142 valence electrons. The van der Waals surface area contributed by atoms with Crippen molar-refractivity contribution < 1.29 is 4.79 Å². The fourth-order valence-electron chi connectivity index (χ4n) is 2.24. The van der Waals surface area contributed by atoms with Gasteiger partial charge < -0.3 is 10.2 Å². The van der Waals surface area contributed by atoms with Crippen LogP contribution in [0.1, 0.15) is 65.9 Å². The Morgan fingerprint density at radius 3 is 2.28 bits per heavy atom. The van der Waals surface area contributed by atoms with E-state index in [0.717, 1.165) is 32.4 Å². The van der Waals surface area contributed by atoms with Crippen molar-refractivity contribution in [1.29, 1.82) is 0 Å². The normalized spacial score (nSPS) is 10.8. The lowest BCUT2D eigenvalue weighted by molar-refractivity contribution is -0.121. The van der Waals surface area contributed by atoms with Gasteiger partial charge in [-0.05, 0) is 32.4 Å². The van der Waals surface area contributed by atoms with E-state index >= 15 is 0 Å². The van der Waals surface area contributed by atoms with Gasteiger partial charge in [0, 0.05) is 25.6 Å². The van der Waals surface area contributed by atoms with Crippen LogP contribution in [0.15, 0.2) is 30.3 Å². The lowest BCUT2D eigenvalue weighted by Crippen LogP contribution is -2.35. The molecular weight excluding hydrogens is 307 g/mol. The van der Waals surface area contributed by atoms with E-state index in [4.69, 9.17) is 7.85 Å². The van der Waals surface area contributed by atoms with Crippen LogP contribution in [0.25, 0.3) is 0 Å². The predicted molar refractivity (Wildman–Crippen MR) is 112 cm³/mol. The molecule has 2 radical (unpaired) electrons. The molecule has 0 saturated heterocycles. The minimum Gasteiger partial charge on any atom is -0.354 e. The fraction of sp³-hybridized carbons (Fsp3) is 0.667. The van der Waals surface area contributed by atoms with E-state index < -0.39 is 0 Å². The molecule has 0 bridgehead atoms. The monoisotopic (exact) mass is 346 g/mol. The van der Waals surface area contributed by atoms with Gasteiger partial charge in [-0.2, -0.15) is 0 Å². The molecule has 1 aromatic rings. The second kappa shape index (κ2) is 19.0. The number of carbonyl (C=O) groups is 1. The van der Waals surface area contributed by atoms with Crippen molar-refractivity contribution in [3.63, 3.8) is 0 Å². The number of benzene rings is 1. The molecule has 1 unspecified atom stereocenters. The SMILES string of the molecule is CC.CC.[B]CCCCC(=O)NC(C)CCN(C)Cc1ccccc1. The van der Waals surface area contributed by atoms with Crippen LogP contribution in [-0.2, 0) is 11.3 Å². The number of nitrogens with zero attached hydrogens (tertiary/aromatic N) is 1. The predicted octanol–water partition coefficient (Wildman–Crippen LogP) is 4.82. The maximum Gasteiger partial charge on any atom is 0.220 e. The van der Waals surface area contributed by atoms with Crippen molar-refractivity contribution in [3.8, 4) is 0 Å². The Hall–Kier alpha value is -1.29. The van der Waals surface area contributed by atoms with Gasteiger partial charge in [0.2, 0.25) is 5.91 Å². The van der Waals surface area contributed by atoms with Gasteiger partial charge in [0.25, 0.3) is 0 Å². The highest BCUT2D eigenvalue weighted by atomic mass is 16.1. The molecule has 1 rings (SSSR count). The van der Waals surface area contributed by atoms with E-state index in [1.165, 1.54) is 5.56 Å². The van der Waals surface area contributed by atoms with Crippen LogP contribution in [0.2, 0.25) is 6.32 Å². The topological polar surface area (TPSA) is 32.3 Å². The molecular formula is C21H39BN2O. The first kappa shape index (κ1) is 25.9. The average molecular weight is 346 g/mol. The first-order valence-corrected chi connectivity index (χ1v) is 9.83. The zero-order valence-electron chi connectivity index (χ0n) is 17.3. The van der Waals surface area contributed by atoms with Crippen molar-refractivity contribution in [2.45, 2.75) is 79.2 Å². The summed E-state index contributed by atoms with van der Waals surface area (Å²) in [5.41, 5.74) is 1.32. The first-order valence-electron chi connectivity index (χ1n) is 9.83. The lowest BCUT2D eigenvalue weighted by atomic mass is 9.99. The molecule has 0 aliphatic rings. The van der Waals surface area contributed by atoms with Gasteiger partial charge in [-0.15, -0.1) is 0 Å². The van der Waals surface area contributed by atoms with Gasteiger partial charge in [0.1, 0.15) is 0 Å². The Morgan fingerprint density at radius 2 is 1.72 bits per heavy atom. The highest BCUT2D eigenvalue weighted by Crippen LogP contribution is 2.04. The van der Waals surface area contributed by atoms with Crippen LogP contribution < -0.4 is 5.32 Å². The van der Waals surface area contributed by atoms with Crippen molar-refractivity contribution >= 4 is 13.8 Å². The second-order valence-electron chi connectivity index (χ2n) is 5.73. The Morgan fingerprint density at radius 1 is 1.12 bits per heavy atom. The third kappa shape index (κ3) is 16.0. The molecule has 0 fully saturated rings. The highest BCUT2D eigenvalue weighted by Gasteiger charge is 2.08. The molecule has 3 nitrogen and oxygen atoms in total.